The first kappa shape index (κ1) is 25.5. The number of ether oxygens (including phenoxy) is 3. The quantitative estimate of drug-likeness (QED) is 0.280. The van der Waals surface area contributed by atoms with Gasteiger partial charge < -0.3 is 19.1 Å². The monoisotopic (exact) mass is 515 g/mol. The first-order valence-corrected chi connectivity index (χ1v) is 12.6. The lowest BCUT2D eigenvalue weighted by Crippen LogP contribution is -2.37. The van der Waals surface area contributed by atoms with Gasteiger partial charge in [-0.2, -0.15) is 5.10 Å². The second-order valence-electron chi connectivity index (χ2n) is 9.23. The van der Waals surface area contributed by atoms with E-state index in [1.165, 1.54) is 12.1 Å². The summed E-state index contributed by atoms with van der Waals surface area (Å²) in [7, 11) is 3.37. The number of hydrogen-bond acceptors (Lipinski definition) is 5. The minimum absolute atomic E-state index is 0.0529. The van der Waals surface area contributed by atoms with Crippen molar-refractivity contribution in [2.75, 3.05) is 20.3 Å². The highest BCUT2D eigenvalue weighted by molar-refractivity contribution is 5.94. The van der Waals surface area contributed by atoms with Crippen molar-refractivity contribution in [3.63, 3.8) is 0 Å². The molecule has 3 aromatic carbocycles. The highest BCUT2D eigenvalue weighted by Gasteiger charge is 2.28. The standard InChI is InChI=1S/C30H30FN3O4/c1-33-30(38-24-15-13-23(31)14-16-24)27(28(32-33)21-8-4-3-5-9-21)20-34(19-26-12-7-17-37-26)29(35)22-10-6-11-25(18-22)36-2/h3-6,8-11,13-16,18,26H,7,12,17,19-20H2,1-2H3. The molecule has 1 amide bonds. The number of hydrogen-bond donors (Lipinski definition) is 0. The van der Waals surface area contributed by atoms with Crippen LogP contribution in [0, 0.1) is 5.82 Å². The van der Waals surface area contributed by atoms with E-state index in [0.717, 1.165) is 24.0 Å². The average Bonchev–Trinajstić information content (AvgIpc) is 3.57. The third-order valence-corrected chi connectivity index (χ3v) is 6.56. The van der Waals surface area contributed by atoms with Crippen LogP contribution in [0.1, 0.15) is 28.8 Å². The van der Waals surface area contributed by atoms with Gasteiger partial charge in [-0.15, -0.1) is 0 Å². The number of amides is 1. The third-order valence-electron chi connectivity index (χ3n) is 6.56. The first-order chi connectivity index (χ1) is 18.5. The molecule has 0 bridgehead atoms. The predicted octanol–water partition coefficient (Wildman–Crippen LogP) is 5.85. The van der Waals surface area contributed by atoms with Crippen LogP contribution < -0.4 is 9.47 Å². The SMILES string of the molecule is COc1cccc(C(=O)N(Cc2c(-c3ccccc3)nn(C)c2Oc2ccc(F)cc2)CC2CCCO2)c1. The van der Waals surface area contributed by atoms with Crippen molar-refractivity contribution in [2.24, 2.45) is 7.05 Å². The van der Waals surface area contributed by atoms with E-state index in [-0.39, 0.29) is 24.4 Å². The first-order valence-electron chi connectivity index (χ1n) is 12.6. The van der Waals surface area contributed by atoms with E-state index >= 15 is 0 Å². The molecule has 7 nitrogen and oxygen atoms in total. The van der Waals surface area contributed by atoms with Crippen LogP contribution in [0.4, 0.5) is 4.39 Å². The molecular formula is C30H30FN3O4. The molecule has 1 saturated heterocycles. The van der Waals surface area contributed by atoms with Gasteiger partial charge >= 0.3 is 0 Å². The molecule has 1 atom stereocenters. The average molecular weight is 516 g/mol. The molecule has 0 spiro atoms. The molecule has 0 aliphatic carbocycles. The smallest absolute Gasteiger partial charge is 0.254 e. The number of halogens is 1. The number of carbonyl (C=O) groups is 1. The maximum atomic E-state index is 13.9. The van der Waals surface area contributed by atoms with Crippen LogP contribution in [-0.2, 0) is 18.3 Å². The molecule has 2 heterocycles. The lowest BCUT2D eigenvalue weighted by molar-refractivity contribution is 0.0506. The van der Waals surface area contributed by atoms with Gasteiger partial charge in [0.25, 0.3) is 5.91 Å². The molecule has 0 N–H and O–H groups in total. The molecule has 1 unspecified atom stereocenters. The van der Waals surface area contributed by atoms with Crippen molar-refractivity contribution in [2.45, 2.75) is 25.5 Å². The summed E-state index contributed by atoms with van der Waals surface area (Å²) in [6.07, 6.45) is 1.80. The Kier molecular flexibility index (Phi) is 7.70. The Hall–Kier alpha value is -4.17. The minimum atomic E-state index is -0.348. The van der Waals surface area contributed by atoms with E-state index in [2.05, 4.69) is 0 Å². The Morgan fingerprint density at radius 3 is 2.58 bits per heavy atom. The molecule has 0 saturated carbocycles. The Labute approximate surface area is 221 Å². The number of benzene rings is 3. The van der Waals surface area contributed by atoms with Crippen molar-refractivity contribution in [1.29, 1.82) is 0 Å². The van der Waals surface area contributed by atoms with Gasteiger partial charge in [0.15, 0.2) is 0 Å². The van der Waals surface area contributed by atoms with Crippen molar-refractivity contribution in [1.82, 2.24) is 14.7 Å². The van der Waals surface area contributed by atoms with Gasteiger partial charge in [0, 0.05) is 31.3 Å². The summed E-state index contributed by atoms with van der Waals surface area (Å²) < 4.78 is 32.7. The number of aryl methyl sites for hydroxylation is 1. The van der Waals surface area contributed by atoms with Crippen molar-refractivity contribution >= 4 is 5.91 Å². The summed E-state index contributed by atoms with van der Waals surface area (Å²) in [6.45, 7) is 1.35. The van der Waals surface area contributed by atoms with E-state index in [1.807, 2.05) is 36.4 Å². The maximum Gasteiger partial charge on any atom is 0.254 e. The normalized spacial score (nSPS) is 14.9. The lowest BCUT2D eigenvalue weighted by atomic mass is 10.1. The van der Waals surface area contributed by atoms with E-state index < -0.39 is 0 Å². The number of nitrogens with zero attached hydrogens (tertiary/aromatic N) is 3. The van der Waals surface area contributed by atoms with E-state index in [0.29, 0.717) is 41.8 Å². The predicted molar refractivity (Wildman–Crippen MR) is 142 cm³/mol. The van der Waals surface area contributed by atoms with Crippen molar-refractivity contribution in [3.8, 4) is 28.6 Å². The number of carbonyl (C=O) groups excluding carboxylic acids is 1. The number of rotatable bonds is 9. The molecule has 1 fully saturated rings. The topological polar surface area (TPSA) is 65.8 Å². The summed E-state index contributed by atoms with van der Waals surface area (Å²) >= 11 is 0. The van der Waals surface area contributed by atoms with Crippen LogP contribution in [0.5, 0.6) is 17.4 Å². The van der Waals surface area contributed by atoms with Gasteiger partial charge in [0.05, 0.1) is 25.3 Å². The second-order valence-corrected chi connectivity index (χ2v) is 9.23. The fourth-order valence-corrected chi connectivity index (χ4v) is 4.65. The minimum Gasteiger partial charge on any atom is -0.497 e. The van der Waals surface area contributed by atoms with Gasteiger partial charge in [0.2, 0.25) is 5.88 Å². The Bertz CT molecular complexity index is 1380. The molecule has 4 aromatic rings. The van der Waals surface area contributed by atoms with Crippen LogP contribution >= 0.6 is 0 Å². The molecule has 1 aromatic heterocycles. The van der Waals surface area contributed by atoms with E-state index in [9.17, 15) is 9.18 Å². The van der Waals surface area contributed by atoms with Gasteiger partial charge in [-0.25, -0.2) is 9.07 Å². The highest BCUT2D eigenvalue weighted by atomic mass is 19.1. The van der Waals surface area contributed by atoms with Gasteiger partial charge in [-0.1, -0.05) is 36.4 Å². The molecular weight excluding hydrogens is 485 g/mol. The summed E-state index contributed by atoms with van der Waals surface area (Å²) in [4.78, 5) is 15.7. The van der Waals surface area contributed by atoms with Crippen LogP contribution in [0.15, 0.2) is 78.9 Å². The van der Waals surface area contributed by atoms with E-state index in [1.54, 1.807) is 54.1 Å². The zero-order valence-corrected chi connectivity index (χ0v) is 21.5. The second kappa shape index (κ2) is 11.5. The van der Waals surface area contributed by atoms with Crippen molar-refractivity contribution in [3.05, 3.63) is 95.8 Å². The Morgan fingerprint density at radius 2 is 1.87 bits per heavy atom. The molecule has 1 aliphatic rings. The molecule has 38 heavy (non-hydrogen) atoms. The molecule has 0 radical (unpaired) electrons. The number of aromatic nitrogens is 2. The fraction of sp³-hybridized carbons (Fsp3) is 0.267. The van der Waals surface area contributed by atoms with Crippen LogP contribution in [0.25, 0.3) is 11.3 Å². The number of methoxy groups -OCH3 is 1. The summed E-state index contributed by atoms with van der Waals surface area (Å²) in [5.41, 5.74) is 2.88. The van der Waals surface area contributed by atoms with Gasteiger partial charge in [0.1, 0.15) is 23.0 Å². The summed E-state index contributed by atoms with van der Waals surface area (Å²) in [5, 5.41) is 4.77. The van der Waals surface area contributed by atoms with Gasteiger partial charge in [-0.05, 0) is 55.3 Å². The molecule has 1 aliphatic heterocycles. The summed E-state index contributed by atoms with van der Waals surface area (Å²) in [6, 6.07) is 22.7. The molecule has 196 valence electrons. The van der Waals surface area contributed by atoms with Crippen molar-refractivity contribution < 1.29 is 23.4 Å². The van der Waals surface area contributed by atoms with Crippen LogP contribution in [-0.4, -0.2) is 47.0 Å². The zero-order chi connectivity index (χ0) is 26.5. The van der Waals surface area contributed by atoms with E-state index in [4.69, 9.17) is 19.3 Å². The largest absolute Gasteiger partial charge is 0.497 e. The Morgan fingerprint density at radius 1 is 1.08 bits per heavy atom. The summed E-state index contributed by atoms with van der Waals surface area (Å²) in [5.74, 6) is 1.07. The lowest BCUT2D eigenvalue weighted by Gasteiger charge is -2.26. The van der Waals surface area contributed by atoms with Gasteiger partial charge in [-0.3, -0.25) is 4.79 Å². The van der Waals surface area contributed by atoms with Crippen LogP contribution in [0.2, 0.25) is 0 Å². The fourth-order valence-electron chi connectivity index (χ4n) is 4.65. The Balaban J connectivity index is 1.56. The zero-order valence-electron chi connectivity index (χ0n) is 21.5. The molecule has 5 rings (SSSR count). The van der Waals surface area contributed by atoms with Crippen LogP contribution in [0.3, 0.4) is 0 Å². The third kappa shape index (κ3) is 5.70. The maximum absolute atomic E-state index is 13.9. The highest BCUT2D eigenvalue weighted by Crippen LogP contribution is 2.35. The molecule has 8 heteroatoms.